The summed E-state index contributed by atoms with van der Waals surface area (Å²) in [5.74, 6) is 1.86. The van der Waals surface area contributed by atoms with E-state index >= 15 is 0 Å². The monoisotopic (exact) mass is 404 g/mol. The Morgan fingerprint density at radius 2 is 2.07 bits per heavy atom. The van der Waals surface area contributed by atoms with Gasteiger partial charge in [0.05, 0.1) is 6.20 Å². The molecule has 0 aromatic carbocycles. The molecule has 2 saturated heterocycles. The van der Waals surface area contributed by atoms with Crippen molar-refractivity contribution in [2.75, 3.05) is 39.8 Å². The molecule has 29 heavy (non-hydrogen) atoms. The maximum atomic E-state index is 12.4. The minimum atomic E-state index is -0.453. The summed E-state index contributed by atoms with van der Waals surface area (Å²) in [5.41, 5.74) is 0.843. The summed E-state index contributed by atoms with van der Waals surface area (Å²) >= 11 is 0. The SMILES string of the molecule is CN=C(NCC1CCCN(C(=O)OC(C)(C)C)C1)N1CCC(c2cnn(C)c2)C1. The topological polar surface area (TPSA) is 75.0 Å². The van der Waals surface area contributed by atoms with Gasteiger partial charge >= 0.3 is 6.09 Å². The lowest BCUT2D eigenvalue weighted by atomic mass is 9.98. The molecule has 0 spiro atoms. The van der Waals surface area contributed by atoms with Crippen LogP contribution < -0.4 is 5.32 Å². The Morgan fingerprint density at radius 3 is 2.72 bits per heavy atom. The number of aliphatic imine (C=N–C) groups is 1. The lowest BCUT2D eigenvalue weighted by Crippen LogP contribution is -2.47. The van der Waals surface area contributed by atoms with Crippen molar-refractivity contribution in [3.05, 3.63) is 18.0 Å². The van der Waals surface area contributed by atoms with E-state index in [1.165, 1.54) is 5.56 Å². The molecule has 2 atom stereocenters. The van der Waals surface area contributed by atoms with Gasteiger partial charge in [-0.3, -0.25) is 9.67 Å². The van der Waals surface area contributed by atoms with Crippen LogP contribution in [0.5, 0.6) is 0 Å². The summed E-state index contributed by atoms with van der Waals surface area (Å²) < 4.78 is 7.40. The maximum absolute atomic E-state index is 12.4. The number of piperidine rings is 1. The predicted octanol–water partition coefficient (Wildman–Crippen LogP) is 2.43. The molecule has 2 aliphatic heterocycles. The Labute approximate surface area is 174 Å². The molecule has 1 amide bonds. The third kappa shape index (κ3) is 5.87. The van der Waals surface area contributed by atoms with Crippen LogP contribution in [0.2, 0.25) is 0 Å². The molecule has 2 aliphatic rings. The fraction of sp³-hybridized carbons (Fsp3) is 0.762. The Hall–Kier alpha value is -2.25. The van der Waals surface area contributed by atoms with Gasteiger partial charge in [0.25, 0.3) is 0 Å². The fourth-order valence-electron chi connectivity index (χ4n) is 4.17. The number of nitrogens with one attached hydrogen (secondary N) is 1. The van der Waals surface area contributed by atoms with E-state index in [2.05, 4.69) is 26.5 Å². The molecule has 8 heteroatoms. The van der Waals surface area contributed by atoms with E-state index in [-0.39, 0.29) is 6.09 Å². The Kier molecular flexibility index (Phi) is 6.70. The van der Waals surface area contributed by atoms with E-state index in [1.54, 1.807) is 0 Å². The second-order valence-corrected chi connectivity index (χ2v) is 9.24. The summed E-state index contributed by atoms with van der Waals surface area (Å²) in [6.07, 6.45) is 7.11. The highest BCUT2D eigenvalue weighted by atomic mass is 16.6. The number of carbonyl (C=O) groups is 1. The lowest BCUT2D eigenvalue weighted by molar-refractivity contribution is 0.0168. The number of guanidine groups is 1. The summed E-state index contributed by atoms with van der Waals surface area (Å²) in [6.45, 7) is 10.0. The van der Waals surface area contributed by atoms with Crippen LogP contribution in [0.4, 0.5) is 4.79 Å². The second kappa shape index (κ2) is 9.05. The van der Waals surface area contributed by atoms with Crippen LogP contribution in [-0.4, -0.2) is 77.0 Å². The Bertz CT molecular complexity index is 723. The number of hydrogen-bond acceptors (Lipinski definition) is 4. The van der Waals surface area contributed by atoms with Gasteiger partial charge in [0.15, 0.2) is 5.96 Å². The van der Waals surface area contributed by atoms with Crippen LogP contribution in [0.15, 0.2) is 17.4 Å². The largest absolute Gasteiger partial charge is 0.444 e. The standard InChI is InChI=1S/C21H36N6O2/c1-21(2,3)29-20(28)27-9-6-7-16(13-27)11-23-19(22-4)26-10-8-17(15-26)18-12-24-25(5)14-18/h12,14,16-17H,6-11,13,15H2,1-5H3,(H,22,23). The third-order valence-corrected chi connectivity index (χ3v) is 5.62. The predicted molar refractivity (Wildman–Crippen MR) is 114 cm³/mol. The number of ether oxygens (including phenoxy) is 1. The number of amides is 1. The quantitative estimate of drug-likeness (QED) is 0.619. The molecule has 3 heterocycles. The first-order valence-corrected chi connectivity index (χ1v) is 10.7. The molecule has 1 N–H and O–H groups in total. The summed E-state index contributed by atoms with van der Waals surface area (Å²) in [6, 6.07) is 0. The van der Waals surface area contributed by atoms with Gasteiger partial charge in [-0.2, -0.15) is 5.10 Å². The Balaban J connectivity index is 1.48. The Morgan fingerprint density at radius 1 is 1.28 bits per heavy atom. The summed E-state index contributed by atoms with van der Waals surface area (Å²) in [4.78, 5) is 21.0. The molecule has 3 rings (SSSR count). The molecule has 1 aromatic heterocycles. The maximum Gasteiger partial charge on any atom is 0.410 e. The number of aromatic nitrogens is 2. The molecular formula is C21H36N6O2. The van der Waals surface area contributed by atoms with Gasteiger partial charge in [0.2, 0.25) is 0 Å². The number of aryl methyl sites for hydroxylation is 1. The molecule has 0 radical (unpaired) electrons. The van der Waals surface area contributed by atoms with Crippen molar-refractivity contribution in [3.63, 3.8) is 0 Å². The molecular weight excluding hydrogens is 368 g/mol. The molecule has 1 aromatic rings. The molecule has 0 aliphatic carbocycles. The highest BCUT2D eigenvalue weighted by Gasteiger charge is 2.29. The second-order valence-electron chi connectivity index (χ2n) is 9.24. The summed E-state index contributed by atoms with van der Waals surface area (Å²) in [7, 11) is 3.80. The van der Waals surface area contributed by atoms with Crippen molar-refractivity contribution in [2.45, 2.75) is 51.6 Å². The highest BCUT2D eigenvalue weighted by molar-refractivity contribution is 5.80. The molecule has 8 nitrogen and oxygen atoms in total. The van der Waals surface area contributed by atoms with Crippen LogP contribution in [-0.2, 0) is 11.8 Å². The zero-order valence-electron chi connectivity index (χ0n) is 18.5. The molecule has 0 saturated carbocycles. The number of nitrogens with zero attached hydrogens (tertiary/aromatic N) is 5. The lowest BCUT2D eigenvalue weighted by Gasteiger charge is -2.34. The minimum absolute atomic E-state index is 0.203. The van der Waals surface area contributed by atoms with Crippen molar-refractivity contribution in [3.8, 4) is 0 Å². The van der Waals surface area contributed by atoms with Crippen LogP contribution in [0, 0.1) is 5.92 Å². The van der Waals surface area contributed by atoms with E-state index in [0.29, 0.717) is 11.8 Å². The van der Waals surface area contributed by atoms with E-state index in [1.807, 2.05) is 50.6 Å². The van der Waals surface area contributed by atoms with Crippen LogP contribution in [0.3, 0.4) is 0 Å². The minimum Gasteiger partial charge on any atom is -0.444 e. The first-order chi connectivity index (χ1) is 13.7. The smallest absolute Gasteiger partial charge is 0.410 e. The van der Waals surface area contributed by atoms with Gasteiger partial charge in [-0.25, -0.2) is 4.79 Å². The molecule has 2 fully saturated rings. The molecule has 0 bridgehead atoms. The van der Waals surface area contributed by atoms with Crippen molar-refractivity contribution >= 4 is 12.1 Å². The van der Waals surface area contributed by atoms with E-state index < -0.39 is 5.60 Å². The van der Waals surface area contributed by atoms with Crippen LogP contribution in [0.1, 0.15) is 51.5 Å². The number of rotatable bonds is 3. The van der Waals surface area contributed by atoms with Crippen molar-refractivity contribution in [1.82, 2.24) is 24.9 Å². The first-order valence-electron chi connectivity index (χ1n) is 10.7. The van der Waals surface area contributed by atoms with Crippen LogP contribution in [0.25, 0.3) is 0 Å². The molecule has 2 unspecified atom stereocenters. The van der Waals surface area contributed by atoms with Crippen LogP contribution >= 0.6 is 0 Å². The van der Waals surface area contributed by atoms with Crippen molar-refractivity contribution in [1.29, 1.82) is 0 Å². The number of hydrogen-bond donors (Lipinski definition) is 1. The van der Waals surface area contributed by atoms with Gasteiger partial charge in [-0.1, -0.05) is 0 Å². The van der Waals surface area contributed by atoms with Crippen molar-refractivity contribution < 1.29 is 9.53 Å². The summed E-state index contributed by atoms with van der Waals surface area (Å²) in [5, 5.41) is 7.84. The molecule has 162 valence electrons. The van der Waals surface area contributed by atoms with Crippen molar-refractivity contribution in [2.24, 2.45) is 18.0 Å². The zero-order valence-corrected chi connectivity index (χ0v) is 18.5. The van der Waals surface area contributed by atoms with E-state index in [0.717, 1.165) is 57.9 Å². The fourth-order valence-corrected chi connectivity index (χ4v) is 4.17. The normalized spacial score (nSPS) is 23.4. The van der Waals surface area contributed by atoms with Gasteiger partial charge in [0.1, 0.15) is 5.60 Å². The first kappa shape index (κ1) is 21.5. The van der Waals surface area contributed by atoms with Gasteiger partial charge in [-0.05, 0) is 51.5 Å². The van der Waals surface area contributed by atoms with Gasteiger partial charge in [-0.15, -0.1) is 0 Å². The van der Waals surface area contributed by atoms with Gasteiger partial charge < -0.3 is 19.9 Å². The number of carbonyl (C=O) groups excluding carboxylic acids is 1. The van der Waals surface area contributed by atoms with E-state index in [9.17, 15) is 4.79 Å². The third-order valence-electron chi connectivity index (χ3n) is 5.62. The van der Waals surface area contributed by atoms with Gasteiger partial charge in [0, 0.05) is 58.9 Å². The zero-order chi connectivity index (χ0) is 21.0. The average Bonchev–Trinajstić information content (AvgIpc) is 3.30. The highest BCUT2D eigenvalue weighted by Crippen LogP contribution is 2.27. The average molecular weight is 405 g/mol. The van der Waals surface area contributed by atoms with E-state index in [4.69, 9.17) is 4.74 Å². The number of likely N-dealkylation sites (tertiary alicyclic amines) is 2.